The van der Waals surface area contributed by atoms with Crippen molar-refractivity contribution in [3.05, 3.63) is 28.8 Å². The molecule has 1 aromatic rings. The number of carbonyl (C=O) groups excluding carboxylic acids is 3. The molecule has 0 aliphatic carbocycles. The van der Waals surface area contributed by atoms with Crippen LogP contribution in [0.15, 0.2) is 18.2 Å². The van der Waals surface area contributed by atoms with Gasteiger partial charge in [0.25, 0.3) is 5.91 Å². The summed E-state index contributed by atoms with van der Waals surface area (Å²) in [5.41, 5.74) is 5.68. The minimum atomic E-state index is -1.02. The summed E-state index contributed by atoms with van der Waals surface area (Å²) in [6.45, 7) is 7.45. The highest BCUT2D eigenvalue weighted by Gasteiger charge is 2.42. The maximum absolute atomic E-state index is 13.4. The Morgan fingerprint density at radius 1 is 1.25 bits per heavy atom. The second kappa shape index (κ2) is 10.2. The number of anilines is 1. The zero-order valence-electron chi connectivity index (χ0n) is 18.8. The second-order valence-electron chi connectivity index (χ2n) is 9.21. The summed E-state index contributed by atoms with van der Waals surface area (Å²) in [4.78, 5) is 51.3. The van der Waals surface area contributed by atoms with E-state index in [1.165, 1.54) is 23.1 Å². The molecule has 3 atom stereocenters. The molecule has 3 amide bonds. The Labute approximate surface area is 192 Å². The molecule has 1 aliphatic rings. The Kier molecular flexibility index (Phi) is 8.12. The summed E-state index contributed by atoms with van der Waals surface area (Å²) in [7, 11) is 0. The fraction of sp³-hybridized carbons (Fsp3) is 0.545. The number of carboxylic acids is 1. The van der Waals surface area contributed by atoms with Gasteiger partial charge < -0.3 is 26.4 Å². The number of hydrogen-bond donors (Lipinski definition) is 4. The molecule has 5 N–H and O–H groups in total. The minimum Gasteiger partial charge on any atom is -0.481 e. The van der Waals surface area contributed by atoms with Crippen molar-refractivity contribution >= 4 is 41.0 Å². The lowest BCUT2D eigenvalue weighted by atomic mass is 9.85. The first-order chi connectivity index (χ1) is 14.8. The number of nitrogens with zero attached hydrogens (tertiary/aromatic N) is 1. The quantitative estimate of drug-likeness (QED) is 0.453. The predicted octanol–water partition coefficient (Wildman–Crippen LogP) is 2.04. The van der Waals surface area contributed by atoms with Crippen LogP contribution in [-0.2, 0) is 14.4 Å². The molecular formula is C22H31ClN4O5. The Hall–Kier alpha value is -2.81. The van der Waals surface area contributed by atoms with Crippen molar-refractivity contribution in [2.45, 2.75) is 65.1 Å². The van der Waals surface area contributed by atoms with Crippen LogP contribution in [0.1, 0.15) is 57.3 Å². The number of hydrogen-bond acceptors (Lipinski definition) is 5. The van der Waals surface area contributed by atoms with E-state index in [2.05, 4.69) is 10.6 Å². The second-order valence-corrected chi connectivity index (χ2v) is 9.61. The molecule has 0 saturated carbocycles. The summed E-state index contributed by atoms with van der Waals surface area (Å²) < 4.78 is 0. The van der Waals surface area contributed by atoms with Crippen LogP contribution in [0.3, 0.4) is 0 Å². The van der Waals surface area contributed by atoms with Gasteiger partial charge >= 0.3 is 5.97 Å². The van der Waals surface area contributed by atoms with Gasteiger partial charge in [-0.25, -0.2) is 0 Å². The smallest absolute Gasteiger partial charge is 0.305 e. The first kappa shape index (κ1) is 25.5. The van der Waals surface area contributed by atoms with Crippen molar-refractivity contribution in [3.8, 4) is 0 Å². The highest BCUT2D eigenvalue weighted by atomic mass is 35.5. The van der Waals surface area contributed by atoms with E-state index in [4.69, 9.17) is 22.4 Å². The van der Waals surface area contributed by atoms with Crippen LogP contribution in [0.4, 0.5) is 5.69 Å². The molecule has 2 rings (SSSR count). The molecule has 1 saturated heterocycles. The van der Waals surface area contributed by atoms with Crippen LogP contribution in [0.25, 0.3) is 0 Å². The average Bonchev–Trinajstić information content (AvgIpc) is 3.16. The van der Waals surface area contributed by atoms with Crippen molar-refractivity contribution in [1.29, 1.82) is 0 Å². The van der Waals surface area contributed by atoms with Gasteiger partial charge in [-0.05, 0) is 43.4 Å². The molecule has 1 aromatic carbocycles. The molecule has 0 radical (unpaired) electrons. The van der Waals surface area contributed by atoms with Crippen molar-refractivity contribution < 1.29 is 24.3 Å². The number of rotatable bonds is 7. The van der Waals surface area contributed by atoms with E-state index in [9.17, 15) is 19.2 Å². The molecule has 1 heterocycles. The molecule has 0 aromatic heterocycles. The topological polar surface area (TPSA) is 142 Å². The van der Waals surface area contributed by atoms with E-state index in [0.717, 1.165) is 0 Å². The van der Waals surface area contributed by atoms with Gasteiger partial charge in [0.1, 0.15) is 12.1 Å². The summed E-state index contributed by atoms with van der Waals surface area (Å²) in [5, 5.41) is 14.6. The summed E-state index contributed by atoms with van der Waals surface area (Å²) in [6, 6.07) is 2.31. The number of carbonyl (C=O) groups is 4. The summed E-state index contributed by atoms with van der Waals surface area (Å²) >= 11 is 6.02. The normalized spacial score (nSPS) is 18.0. The lowest BCUT2D eigenvalue weighted by molar-refractivity contribution is -0.142. The standard InChI is InChI=1S/C22H31ClN4O5/c1-12(10-17(28)29)25-20(31)16-6-5-9-27(16)21(32)18(22(2,3)4)26-19(30)13-7-8-15(24)14(23)11-13/h7-8,11-12,16,18H,5-6,9-10,24H2,1-4H3,(H,25,31)(H,26,30)(H,28,29). The lowest BCUT2D eigenvalue weighted by Gasteiger charge is -2.35. The first-order valence-electron chi connectivity index (χ1n) is 10.5. The van der Waals surface area contributed by atoms with Gasteiger partial charge in [0.15, 0.2) is 0 Å². The number of halogens is 1. The van der Waals surface area contributed by atoms with Crippen LogP contribution in [0.2, 0.25) is 5.02 Å². The van der Waals surface area contributed by atoms with Gasteiger partial charge in [0.05, 0.1) is 17.1 Å². The fourth-order valence-electron chi connectivity index (χ4n) is 3.65. The molecule has 0 spiro atoms. The third-order valence-electron chi connectivity index (χ3n) is 5.36. The Morgan fingerprint density at radius 3 is 2.47 bits per heavy atom. The molecule has 3 unspecified atom stereocenters. The average molecular weight is 467 g/mol. The Bertz CT molecular complexity index is 899. The number of carboxylic acid groups (broad SMARTS) is 1. The van der Waals surface area contributed by atoms with Gasteiger partial charge in [0, 0.05) is 18.2 Å². The van der Waals surface area contributed by atoms with Gasteiger partial charge in [-0.2, -0.15) is 0 Å². The lowest BCUT2D eigenvalue weighted by Crippen LogP contribution is -2.58. The van der Waals surface area contributed by atoms with Crippen molar-refractivity contribution in [2.24, 2.45) is 5.41 Å². The van der Waals surface area contributed by atoms with Crippen LogP contribution in [0.5, 0.6) is 0 Å². The number of amides is 3. The highest BCUT2D eigenvalue weighted by Crippen LogP contribution is 2.27. The maximum Gasteiger partial charge on any atom is 0.305 e. The molecule has 0 bridgehead atoms. The third-order valence-corrected chi connectivity index (χ3v) is 5.69. The predicted molar refractivity (Wildman–Crippen MR) is 121 cm³/mol. The van der Waals surface area contributed by atoms with Gasteiger partial charge in [0.2, 0.25) is 11.8 Å². The largest absolute Gasteiger partial charge is 0.481 e. The van der Waals surface area contributed by atoms with Crippen molar-refractivity contribution in [2.75, 3.05) is 12.3 Å². The molecular weight excluding hydrogens is 436 g/mol. The molecule has 9 nitrogen and oxygen atoms in total. The molecule has 176 valence electrons. The highest BCUT2D eigenvalue weighted by molar-refractivity contribution is 6.33. The SMILES string of the molecule is CC(CC(=O)O)NC(=O)C1CCCN1C(=O)C(NC(=O)c1ccc(N)c(Cl)c1)C(C)(C)C. The third kappa shape index (κ3) is 6.35. The van der Waals surface area contributed by atoms with E-state index in [0.29, 0.717) is 25.1 Å². The summed E-state index contributed by atoms with van der Waals surface area (Å²) in [5.74, 6) is -2.25. The number of likely N-dealkylation sites (tertiary alicyclic amines) is 1. The fourth-order valence-corrected chi connectivity index (χ4v) is 3.83. The molecule has 10 heteroatoms. The van der Waals surface area contributed by atoms with E-state index < -0.39 is 41.3 Å². The number of nitrogen functional groups attached to an aromatic ring is 1. The van der Waals surface area contributed by atoms with Crippen LogP contribution in [-0.4, -0.2) is 58.4 Å². The Morgan fingerprint density at radius 2 is 1.91 bits per heavy atom. The molecule has 1 aliphatic heterocycles. The number of nitrogens with one attached hydrogen (secondary N) is 2. The van der Waals surface area contributed by atoms with E-state index >= 15 is 0 Å². The van der Waals surface area contributed by atoms with Crippen LogP contribution in [0, 0.1) is 5.41 Å². The minimum absolute atomic E-state index is 0.211. The number of aliphatic carboxylic acids is 1. The zero-order valence-corrected chi connectivity index (χ0v) is 19.5. The summed E-state index contributed by atoms with van der Waals surface area (Å²) in [6.07, 6.45) is 0.891. The maximum atomic E-state index is 13.4. The van der Waals surface area contributed by atoms with Gasteiger partial charge in [-0.1, -0.05) is 32.4 Å². The van der Waals surface area contributed by atoms with Crippen LogP contribution < -0.4 is 16.4 Å². The van der Waals surface area contributed by atoms with Gasteiger partial charge in [-0.15, -0.1) is 0 Å². The van der Waals surface area contributed by atoms with Crippen molar-refractivity contribution in [1.82, 2.24) is 15.5 Å². The van der Waals surface area contributed by atoms with E-state index in [1.54, 1.807) is 6.92 Å². The molecule has 32 heavy (non-hydrogen) atoms. The van der Waals surface area contributed by atoms with E-state index in [-0.39, 0.29) is 22.9 Å². The Balaban J connectivity index is 2.18. The number of benzene rings is 1. The zero-order chi connectivity index (χ0) is 24.2. The van der Waals surface area contributed by atoms with Crippen LogP contribution >= 0.6 is 11.6 Å². The number of nitrogens with two attached hydrogens (primary N) is 1. The van der Waals surface area contributed by atoms with Crippen molar-refractivity contribution in [3.63, 3.8) is 0 Å². The van der Waals surface area contributed by atoms with Gasteiger partial charge in [-0.3, -0.25) is 19.2 Å². The first-order valence-corrected chi connectivity index (χ1v) is 10.9. The van der Waals surface area contributed by atoms with E-state index in [1.807, 2.05) is 20.8 Å². The molecule has 1 fully saturated rings. The monoisotopic (exact) mass is 466 g/mol.